The first-order valence-electron chi connectivity index (χ1n) is 7.69. The van der Waals surface area contributed by atoms with Crippen molar-refractivity contribution in [3.63, 3.8) is 0 Å². The van der Waals surface area contributed by atoms with E-state index in [4.69, 9.17) is 13.9 Å². The van der Waals surface area contributed by atoms with Crippen LogP contribution in [0.25, 0.3) is 11.0 Å². The lowest BCUT2D eigenvalue weighted by atomic mass is 10.1. The van der Waals surface area contributed by atoms with Crippen LogP contribution >= 0.6 is 0 Å². The van der Waals surface area contributed by atoms with Crippen molar-refractivity contribution in [1.82, 2.24) is 0 Å². The van der Waals surface area contributed by atoms with Crippen molar-refractivity contribution in [1.29, 1.82) is 0 Å². The van der Waals surface area contributed by atoms with E-state index in [-0.39, 0.29) is 11.3 Å². The van der Waals surface area contributed by atoms with Gasteiger partial charge in [0.25, 0.3) is 5.69 Å². The van der Waals surface area contributed by atoms with E-state index in [2.05, 4.69) is 5.32 Å². The number of nitro benzene ring substituents is 1. The van der Waals surface area contributed by atoms with Crippen LogP contribution < -0.4 is 20.4 Å². The molecular formula is C18H16N2O6. The van der Waals surface area contributed by atoms with E-state index >= 15 is 0 Å². The van der Waals surface area contributed by atoms with Gasteiger partial charge in [-0.3, -0.25) is 10.1 Å². The number of nitrogens with one attached hydrogen (secondary N) is 1. The molecule has 0 fully saturated rings. The smallest absolute Gasteiger partial charge is 0.338 e. The SMILES string of the molecule is COc1ccc(CNc2cc(=O)oc3ccc([N+](=O)[O-])cc23)cc1OC. The quantitative estimate of drug-likeness (QED) is 0.410. The Hall–Kier alpha value is -3.55. The lowest BCUT2D eigenvalue weighted by Crippen LogP contribution is -2.05. The highest BCUT2D eigenvalue weighted by Crippen LogP contribution is 2.29. The van der Waals surface area contributed by atoms with Crippen molar-refractivity contribution in [2.45, 2.75) is 6.54 Å². The number of benzene rings is 2. The molecular weight excluding hydrogens is 340 g/mol. The molecule has 0 bridgehead atoms. The predicted octanol–water partition coefficient (Wildman–Crippen LogP) is 3.33. The summed E-state index contributed by atoms with van der Waals surface area (Å²) >= 11 is 0. The first kappa shape index (κ1) is 17.3. The van der Waals surface area contributed by atoms with Gasteiger partial charge in [0.05, 0.1) is 24.8 Å². The molecule has 1 heterocycles. The zero-order valence-corrected chi connectivity index (χ0v) is 14.1. The van der Waals surface area contributed by atoms with Crippen LogP contribution in [0.15, 0.2) is 51.7 Å². The summed E-state index contributed by atoms with van der Waals surface area (Å²) in [6.07, 6.45) is 0. The standard InChI is InChI=1S/C18H16N2O6/c1-24-16-5-3-11(7-17(16)25-2)10-19-14-9-18(21)26-15-6-4-12(20(22)23)8-13(14)15/h3-9,19H,10H2,1-2H3. The minimum Gasteiger partial charge on any atom is -0.493 e. The monoisotopic (exact) mass is 356 g/mol. The molecule has 1 N–H and O–H groups in total. The van der Waals surface area contributed by atoms with E-state index in [1.807, 2.05) is 12.1 Å². The summed E-state index contributed by atoms with van der Waals surface area (Å²) in [6, 6.07) is 10.8. The summed E-state index contributed by atoms with van der Waals surface area (Å²) in [5.41, 5.74) is 0.990. The van der Waals surface area contributed by atoms with Gasteiger partial charge in [-0.1, -0.05) is 6.07 Å². The Kier molecular flexibility index (Phi) is 4.74. The summed E-state index contributed by atoms with van der Waals surface area (Å²) in [7, 11) is 3.10. The number of nitrogens with zero attached hydrogens (tertiary/aromatic N) is 1. The molecule has 0 aliphatic heterocycles. The van der Waals surface area contributed by atoms with Crippen molar-refractivity contribution in [2.24, 2.45) is 0 Å². The molecule has 1 aromatic heterocycles. The molecule has 0 saturated heterocycles. The van der Waals surface area contributed by atoms with Crippen LogP contribution in [0, 0.1) is 10.1 Å². The fourth-order valence-electron chi connectivity index (χ4n) is 2.60. The maximum atomic E-state index is 11.7. The molecule has 8 nitrogen and oxygen atoms in total. The molecule has 0 aliphatic rings. The molecule has 0 unspecified atom stereocenters. The van der Waals surface area contributed by atoms with Gasteiger partial charge in [-0.05, 0) is 23.8 Å². The number of anilines is 1. The second kappa shape index (κ2) is 7.14. The van der Waals surface area contributed by atoms with Gasteiger partial charge in [-0.2, -0.15) is 0 Å². The molecule has 0 aliphatic carbocycles. The van der Waals surface area contributed by atoms with Crippen LogP contribution in [0.5, 0.6) is 11.5 Å². The lowest BCUT2D eigenvalue weighted by Gasteiger charge is -2.12. The third-order valence-electron chi connectivity index (χ3n) is 3.87. The van der Waals surface area contributed by atoms with E-state index in [1.165, 1.54) is 24.3 Å². The van der Waals surface area contributed by atoms with Crippen molar-refractivity contribution < 1.29 is 18.8 Å². The van der Waals surface area contributed by atoms with E-state index in [0.717, 1.165) is 5.56 Å². The van der Waals surface area contributed by atoms with Crippen molar-refractivity contribution in [2.75, 3.05) is 19.5 Å². The number of non-ortho nitro benzene ring substituents is 1. The maximum absolute atomic E-state index is 11.7. The molecule has 2 aromatic carbocycles. The van der Waals surface area contributed by atoms with E-state index in [9.17, 15) is 14.9 Å². The topological polar surface area (TPSA) is 104 Å². The van der Waals surface area contributed by atoms with Crippen LogP contribution in [0.3, 0.4) is 0 Å². The highest BCUT2D eigenvalue weighted by Gasteiger charge is 2.12. The molecule has 134 valence electrons. The predicted molar refractivity (Wildman–Crippen MR) is 96.0 cm³/mol. The molecule has 0 radical (unpaired) electrons. The van der Waals surface area contributed by atoms with E-state index in [0.29, 0.717) is 29.1 Å². The third-order valence-corrected chi connectivity index (χ3v) is 3.87. The maximum Gasteiger partial charge on any atom is 0.338 e. The van der Waals surface area contributed by atoms with Crippen LogP contribution in [-0.2, 0) is 6.54 Å². The number of ether oxygens (including phenoxy) is 2. The molecule has 0 saturated carbocycles. The summed E-state index contributed by atoms with van der Waals surface area (Å²) < 4.78 is 15.6. The average molecular weight is 356 g/mol. The van der Waals surface area contributed by atoms with Crippen molar-refractivity contribution in [3.05, 3.63) is 68.6 Å². The fourth-order valence-corrected chi connectivity index (χ4v) is 2.60. The summed E-state index contributed by atoms with van der Waals surface area (Å²) in [5, 5.41) is 14.6. The summed E-state index contributed by atoms with van der Waals surface area (Å²) in [5.74, 6) is 1.19. The fraction of sp³-hybridized carbons (Fsp3) is 0.167. The van der Waals surface area contributed by atoms with Crippen molar-refractivity contribution in [3.8, 4) is 11.5 Å². The molecule has 0 spiro atoms. The Morgan fingerprint density at radius 1 is 1.08 bits per heavy atom. The van der Waals surface area contributed by atoms with Gasteiger partial charge >= 0.3 is 5.63 Å². The van der Waals surface area contributed by atoms with Gasteiger partial charge in [-0.15, -0.1) is 0 Å². The minimum atomic E-state index is -0.541. The second-order valence-electron chi connectivity index (χ2n) is 5.46. The first-order chi connectivity index (χ1) is 12.5. The summed E-state index contributed by atoms with van der Waals surface area (Å²) in [4.78, 5) is 22.2. The highest BCUT2D eigenvalue weighted by molar-refractivity contribution is 5.91. The number of nitro groups is 1. The normalized spacial score (nSPS) is 10.5. The van der Waals surface area contributed by atoms with Gasteiger partial charge in [0.1, 0.15) is 5.58 Å². The van der Waals surface area contributed by atoms with E-state index < -0.39 is 10.5 Å². The number of hydrogen-bond acceptors (Lipinski definition) is 7. The third kappa shape index (κ3) is 3.44. The van der Waals surface area contributed by atoms with Crippen LogP contribution in [-0.4, -0.2) is 19.1 Å². The zero-order chi connectivity index (χ0) is 18.7. The summed E-state index contributed by atoms with van der Waals surface area (Å²) in [6.45, 7) is 0.377. The van der Waals surface area contributed by atoms with E-state index in [1.54, 1.807) is 20.3 Å². The number of methoxy groups -OCH3 is 2. The Morgan fingerprint density at radius 3 is 2.54 bits per heavy atom. The Bertz CT molecular complexity index is 1030. The Balaban J connectivity index is 1.94. The van der Waals surface area contributed by atoms with Gasteiger partial charge < -0.3 is 19.2 Å². The van der Waals surface area contributed by atoms with Crippen LogP contribution in [0.2, 0.25) is 0 Å². The molecule has 3 rings (SSSR count). The highest BCUT2D eigenvalue weighted by atomic mass is 16.6. The molecule has 0 atom stereocenters. The van der Waals surface area contributed by atoms with Gasteiger partial charge in [-0.25, -0.2) is 4.79 Å². The van der Waals surface area contributed by atoms with Crippen LogP contribution in [0.4, 0.5) is 11.4 Å². The van der Waals surface area contributed by atoms with Crippen molar-refractivity contribution >= 4 is 22.3 Å². The minimum absolute atomic E-state index is 0.0829. The van der Waals surface area contributed by atoms with Crippen LogP contribution in [0.1, 0.15) is 5.56 Å². The average Bonchev–Trinajstić information content (AvgIpc) is 2.65. The second-order valence-corrected chi connectivity index (χ2v) is 5.46. The van der Waals surface area contributed by atoms with Gasteiger partial charge in [0.15, 0.2) is 11.5 Å². The number of hydrogen-bond donors (Lipinski definition) is 1. The molecule has 0 amide bonds. The Morgan fingerprint density at radius 2 is 1.85 bits per heavy atom. The Labute approximate surface area is 148 Å². The lowest BCUT2D eigenvalue weighted by molar-refractivity contribution is -0.384. The zero-order valence-electron chi connectivity index (χ0n) is 14.1. The molecule has 3 aromatic rings. The first-order valence-corrected chi connectivity index (χ1v) is 7.69. The molecule has 26 heavy (non-hydrogen) atoms. The molecule has 8 heteroatoms. The van der Waals surface area contributed by atoms with Gasteiger partial charge in [0, 0.05) is 30.1 Å². The number of rotatable bonds is 6. The van der Waals surface area contributed by atoms with Gasteiger partial charge in [0.2, 0.25) is 0 Å². The number of fused-ring (bicyclic) bond motifs is 1. The largest absolute Gasteiger partial charge is 0.493 e.